The Labute approximate surface area is 83.1 Å². The van der Waals surface area contributed by atoms with Crippen LogP contribution in [-0.2, 0) is 13.6 Å². The Morgan fingerprint density at radius 1 is 1.43 bits per heavy atom. The normalized spacial score (nSPS) is 18.6. The van der Waals surface area contributed by atoms with Gasteiger partial charge in [0.05, 0.1) is 6.54 Å². The van der Waals surface area contributed by atoms with Crippen LogP contribution >= 0.6 is 0 Å². The van der Waals surface area contributed by atoms with Gasteiger partial charge in [-0.05, 0) is 0 Å². The molecule has 6 heteroatoms. The minimum absolute atomic E-state index is 0.482. The van der Waals surface area contributed by atoms with Crippen molar-refractivity contribution in [3.8, 4) is 0 Å². The summed E-state index contributed by atoms with van der Waals surface area (Å²) < 4.78 is 1.61. The van der Waals surface area contributed by atoms with Crippen molar-refractivity contribution >= 4 is 5.95 Å². The zero-order valence-corrected chi connectivity index (χ0v) is 8.40. The highest BCUT2D eigenvalue weighted by Crippen LogP contribution is 2.02. The highest BCUT2D eigenvalue weighted by Gasteiger charge is 2.12. The second kappa shape index (κ2) is 3.93. The van der Waals surface area contributed by atoms with Gasteiger partial charge in [0.1, 0.15) is 0 Å². The lowest BCUT2D eigenvalue weighted by molar-refractivity contribution is 0.228. The van der Waals surface area contributed by atoms with Crippen molar-refractivity contribution in [2.24, 2.45) is 7.05 Å². The standard InChI is InChI=1S/C8H16N6/c1-13-8(9)11-7(12-13)6-14-4-2-10-3-5-14/h10H,2-6H2,1H3,(H2,9,11,12). The number of nitrogens with zero attached hydrogens (tertiary/aromatic N) is 4. The maximum absolute atomic E-state index is 5.60. The summed E-state index contributed by atoms with van der Waals surface area (Å²) in [5.74, 6) is 1.29. The summed E-state index contributed by atoms with van der Waals surface area (Å²) in [6.45, 7) is 4.99. The van der Waals surface area contributed by atoms with E-state index in [0.717, 1.165) is 38.5 Å². The third-order valence-corrected chi connectivity index (χ3v) is 2.42. The summed E-state index contributed by atoms with van der Waals surface area (Å²) in [6, 6.07) is 0. The molecule has 0 aliphatic carbocycles. The Kier molecular flexibility index (Phi) is 2.64. The van der Waals surface area contributed by atoms with Crippen LogP contribution in [0.2, 0.25) is 0 Å². The fraction of sp³-hybridized carbons (Fsp3) is 0.750. The maximum Gasteiger partial charge on any atom is 0.218 e. The Hall–Kier alpha value is -1.14. The lowest BCUT2D eigenvalue weighted by atomic mass is 10.3. The Morgan fingerprint density at radius 2 is 2.14 bits per heavy atom. The molecule has 1 aliphatic heterocycles. The van der Waals surface area contributed by atoms with Crippen molar-refractivity contribution in [1.29, 1.82) is 0 Å². The molecule has 1 aromatic rings. The van der Waals surface area contributed by atoms with Gasteiger partial charge in [-0.15, -0.1) is 0 Å². The van der Waals surface area contributed by atoms with Gasteiger partial charge in [-0.2, -0.15) is 10.1 Å². The average Bonchev–Trinajstić information content (AvgIpc) is 2.47. The molecule has 0 bridgehead atoms. The minimum Gasteiger partial charge on any atom is -0.368 e. The van der Waals surface area contributed by atoms with E-state index in [1.54, 1.807) is 4.68 Å². The fourth-order valence-corrected chi connectivity index (χ4v) is 1.59. The van der Waals surface area contributed by atoms with Gasteiger partial charge in [-0.25, -0.2) is 4.68 Å². The van der Waals surface area contributed by atoms with Crippen LogP contribution in [0.25, 0.3) is 0 Å². The molecule has 0 unspecified atom stereocenters. The van der Waals surface area contributed by atoms with Crippen LogP contribution in [0.4, 0.5) is 5.95 Å². The van der Waals surface area contributed by atoms with Crippen LogP contribution in [0.15, 0.2) is 0 Å². The van der Waals surface area contributed by atoms with Gasteiger partial charge in [-0.1, -0.05) is 0 Å². The summed E-state index contributed by atoms with van der Waals surface area (Å²) in [6.07, 6.45) is 0. The van der Waals surface area contributed by atoms with Crippen LogP contribution in [0.3, 0.4) is 0 Å². The lowest BCUT2D eigenvalue weighted by Crippen LogP contribution is -2.43. The summed E-state index contributed by atoms with van der Waals surface area (Å²) in [5, 5.41) is 7.53. The number of piperazine rings is 1. The number of rotatable bonds is 2. The van der Waals surface area contributed by atoms with E-state index in [1.807, 2.05) is 7.05 Å². The van der Waals surface area contributed by atoms with E-state index in [9.17, 15) is 0 Å². The molecule has 1 saturated heterocycles. The van der Waals surface area contributed by atoms with Gasteiger partial charge in [0.2, 0.25) is 5.95 Å². The Balaban J connectivity index is 1.95. The van der Waals surface area contributed by atoms with Crippen molar-refractivity contribution in [3.05, 3.63) is 5.82 Å². The quantitative estimate of drug-likeness (QED) is 0.622. The summed E-state index contributed by atoms with van der Waals surface area (Å²) in [5.41, 5.74) is 5.60. The minimum atomic E-state index is 0.482. The van der Waals surface area contributed by atoms with Crippen LogP contribution in [-0.4, -0.2) is 45.8 Å². The molecule has 0 atom stereocenters. The summed E-state index contributed by atoms with van der Waals surface area (Å²) in [7, 11) is 1.81. The number of aryl methyl sites for hydroxylation is 1. The Bertz CT molecular complexity index is 281. The largest absolute Gasteiger partial charge is 0.368 e. The zero-order chi connectivity index (χ0) is 9.97. The van der Waals surface area contributed by atoms with Gasteiger partial charge in [0.15, 0.2) is 5.82 Å². The van der Waals surface area contributed by atoms with Crippen molar-refractivity contribution in [3.63, 3.8) is 0 Å². The first-order chi connectivity index (χ1) is 6.75. The van der Waals surface area contributed by atoms with E-state index in [2.05, 4.69) is 20.3 Å². The van der Waals surface area contributed by atoms with E-state index >= 15 is 0 Å². The molecular formula is C8H16N6. The predicted molar refractivity (Wildman–Crippen MR) is 53.6 cm³/mol. The van der Waals surface area contributed by atoms with Gasteiger partial charge >= 0.3 is 0 Å². The van der Waals surface area contributed by atoms with Crippen LogP contribution in [0, 0.1) is 0 Å². The molecule has 2 rings (SSSR count). The monoisotopic (exact) mass is 196 g/mol. The second-order valence-corrected chi connectivity index (χ2v) is 3.54. The molecule has 2 heterocycles. The van der Waals surface area contributed by atoms with Crippen molar-refractivity contribution in [1.82, 2.24) is 25.0 Å². The number of anilines is 1. The summed E-state index contributed by atoms with van der Waals surface area (Å²) >= 11 is 0. The van der Waals surface area contributed by atoms with Gasteiger partial charge < -0.3 is 11.1 Å². The maximum atomic E-state index is 5.60. The van der Waals surface area contributed by atoms with Gasteiger partial charge in [-0.3, -0.25) is 4.90 Å². The fourth-order valence-electron chi connectivity index (χ4n) is 1.59. The van der Waals surface area contributed by atoms with Crippen molar-refractivity contribution in [2.45, 2.75) is 6.54 Å². The topological polar surface area (TPSA) is 72.0 Å². The molecule has 0 amide bonds. The summed E-state index contributed by atoms with van der Waals surface area (Å²) in [4.78, 5) is 6.50. The number of hydrogen-bond acceptors (Lipinski definition) is 5. The molecule has 1 aromatic heterocycles. The molecule has 0 saturated carbocycles. The smallest absolute Gasteiger partial charge is 0.218 e. The highest BCUT2D eigenvalue weighted by molar-refractivity contribution is 5.15. The van der Waals surface area contributed by atoms with E-state index in [-0.39, 0.29) is 0 Å². The lowest BCUT2D eigenvalue weighted by Gasteiger charge is -2.25. The molecular weight excluding hydrogens is 180 g/mol. The second-order valence-electron chi connectivity index (χ2n) is 3.54. The SMILES string of the molecule is Cn1nc(CN2CCNCC2)nc1N. The molecule has 1 aliphatic rings. The molecule has 0 spiro atoms. The first kappa shape index (κ1) is 9.42. The third-order valence-electron chi connectivity index (χ3n) is 2.42. The van der Waals surface area contributed by atoms with Gasteiger partial charge in [0, 0.05) is 33.2 Å². The molecule has 0 radical (unpaired) electrons. The van der Waals surface area contributed by atoms with Crippen LogP contribution < -0.4 is 11.1 Å². The van der Waals surface area contributed by atoms with Crippen LogP contribution in [0.5, 0.6) is 0 Å². The predicted octanol–water partition coefficient (Wildman–Crippen LogP) is -1.20. The first-order valence-corrected chi connectivity index (χ1v) is 4.84. The number of nitrogens with one attached hydrogen (secondary N) is 1. The molecule has 3 N–H and O–H groups in total. The molecule has 1 fully saturated rings. The number of nitrogen functional groups attached to an aromatic ring is 1. The molecule has 6 nitrogen and oxygen atoms in total. The molecule has 0 aromatic carbocycles. The highest BCUT2D eigenvalue weighted by atomic mass is 15.4. The van der Waals surface area contributed by atoms with Crippen LogP contribution in [0.1, 0.15) is 5.82 Å². The number of nitrogens with two attached hydrogens (primary N) is 1. The Morgan fingerprint density at radius 3 is 2.71 bits per heavy atom. The van der Waals surface area contributed by atoms with E-state index in [0.29, 0.717) is 5.95 Å². The van der Waals surface area contributed by atoms with E-state index in [4.69, 9.17) is 5.73 Å². The van der Waals surface area contributed by atoms with E-state index < -0.39 is 0 Å². The van der Waals surface area contributed by atoms with Gasteiger partial charge in [0.25, 0.3) is 0 Å². The van der Waals surface area contributed by atoms with Crippen molar-refractivity contribution in [2.75, 3.05) is 31.9 Å². The van der Waals surface area contributed by atoms with Crippen molar-refractivity contribution < 1.29 is 0 Å². The van der Waals surface area contributed by atoms with E-state index in [1.165, 1.54) is 0 Å². The average molecular weight is 196 g/mol. The number of aromatic nitrogens is 3. The zero-order valence-electron chi connectivity index (χ0n) is 8.40. The number of hydrogen-bond donors (Lipinski definition) is 2. The molecule has 78 valence electrons. The molecule has 14 heavy (non-hydrogen) atoms. The third kappa shape index (κ3) is 2.02. The first-order valence-electron chi connectivity index (χ1n) is 4.84.